The monoisotopic (exact) mass is 337 g/mol. The fourth-order valence-corrected chi connectivity index (χ4v) is 1.66. The molecule has 0 aliphatic carbocycles. The number of nitrogens with zero attached hydrogens (tertiary/aromatic N) is 3. The molecule has 10 heteroatoms. The zero-order valence-electron chi connectivity index (χ0n) is 12.0. The van der Waals surface area contributed by atoms with Gasteiger partial charge in [0.25, 0.3) is 11.6 Å². The highest BCUT2D eigenvalue weighted by Gasteiger charge is 2.14. The maximum Gasteiger partial charge on any atom is 0.289 e. The first-order chi connectivity index (χ1) is 10.8. The lowest BCUT2D eigenvalue weighted by molar-refractivity contribution is -0.384. The normalized spacial score (nSPS) is 10.6. The van der Waals surface area contributed by atoms with Crippen LogP contribution in [0.25, 0.3) is 0 Å². The van der Waals surface area contributed by atoms with Crippen LogP contribution in [0.5, 0.6) is 0 Å². The molecular weight excluding hydrogens is 326 g/mol. The molecule has 0 atom stereocenters. The number of anilines is 1. The quantitative estimate of drug-likeness (QED) is 0.464. The molecule has 0 heterocycles. The second-order valence-electron chi connectivity index (χ2n) is 4.37. The third-order valence-corrected chi connectivity index (χ3v) is 2.77. The highest BCUT2D eigenvalue weighted by atomic mass is 35.5. The van der Waals surface area contributed by atoms with Crippen LogP contribution in [0.4, 0.5) is 11.4 Å². The van der Waals surface area contributed by atoms with Crippen LogP contribution in [-0.4, -0.2) is 22.4 Å². The van der Waals surface area contributed by atoms with E-state index in [4.69, 9.17) is 16.9 Å². The lowest BCUT2D eigenvalue weighted by Crippen LogP contribution is -2.20. The molecule has 0 saturated carbocycles. The van der Waals surface area contributed by atoms with Crippen molar-refractivity contribution in [1.29, 1.82) is 5.26 Å². The lowest BCUT2D eigenvalue weighted by Gasteiger charge is -2.06. The van der Waals surface area contributed by atoms with Crippen LogP contribution in [0.1, 0.15) is 19.8 Å². The highest BCUT2D eigenvalue weighted by molar-refractivity contribution is 6.32. The lowest BCUT2D eigenvalue weighted by atomic mass is 10.2. The van der Waals surface area contributed by atoms with Crippen molar-refractivity contribution in [2.45, 2.75) is 19.8 Å². The Balaban J connectivity index is 2.65. The van der Waals surface area contributed by atoms with Gasteiger partial charge in [0.1, 0.15) is 11.4 Å². The number of carbonyl (C=O) groups is 2. The van der Waals surface area contributed by atoms with E-state index < -0.39 is 16.7 Å². The average molecular weight is 338 g/mol. The molecule has 0 aromatic heterocycles. The molecule has 0 bridgehead atoms. The Morgan fingerprint density at radius 1 is 1.43 bits per heavy atom. The van der Waals surface area contributed by atoms with E-state index >= 15 is 0 Å². The van der Waals surface area contributed by atoms with Crippen LogP contribution in [0.2, 0.25) is 5.02 Å². The van der Waals surface area contributed by atoms with Crippen LogP contribution in [0.15, 0.2) is 23.3 Å². The summed E-state index contributed by atoms with van der Waals surface area (Å²) in [6, 6.07) is 5.53. The minimum absolute atomic E-state index is 0.0362. The molecule has 2 N–H and O–H groups in total. The first-order valence-corrected chi connectivity index (χ1v) is 6.64. The molecular formula is C13H12ClN5O4. The van der Waals surface area contributed by atoms with Gasteiger partial charge in [0.05, 0.1) is 17.4 Å². The number of carbonyl (C=O) groups excluding carboxylic acids is 2. The second kappa shape index (κ2) is 8.45. The van der Waals surface area contributed by atoms with E-state index in [1.807, 2.05) is 0 Å². The fourth-order valence-electron chi connectivity index (χ4n) is 1.48. The summed E-state index contributed by atoms with van der Waals surface area (Å²) in [5.41, 5.74) is 2.32. The van der Waals surface area contributed by atoms with Gasteiger partial charge in [-0.25, -0.2) is 5.43 Å². The fraction of sp³-hybridized carbons (Fsp3) is 0.231. The number of nitriles is 1. The van der Waals surface area contributed by atoms with Crippen molar-refractivity contribution in [2.75, 3.05) is 5.32 Å². The number of benzene rings is 1. The number of nitro benzene ring substituents is 1. The number of hydrazone groups is 1. The molecule has 0 radical (unpaired) electrons. The number of halogens is 1. The Kier molecular flexibility index (Phi) is 6.64. The van der Waals surface area contributed by atoms with Crippen LogP contribution in [0, 0.1) is 21.4 Å². The van der Waals surface area contributed by atoms with Gasteiger partial charge in [0.15, 0.2) is 0 Å². The van der Waals surface area contributed by atoms with Crippen molar-refractivity contribution in [3.8, 4) is 6.07 Å². The van der Waals surface area contributed by atoms with Crippen molar-refractivity contribution in [3.63, 3.8) is 0 Å². The average Bonchev–Trinajstić information content (AvgIpc) is 2.47. The van der Waals surface area contributed by atoms with E-state index in [0.29, 0.717) is 5.71 Å². The zero-order valence-corrected chi connectivity index (χ0v) is 12.8. The van der Waals surface area contributed by atoms with Gasteiger partial charge >= 0.3 is 0 Å². The summed E-state index contributed by atoms with van der Waals surface area (Å²) >= 11 is 5.67. The molecule has 1 aromatic rings. The van der Waals surface area contributed by atoms with E-state index in [1.165, 1.54) is 19.1 Å². The molecule has 23 heavy (non-hydrogen) atoms. The van der Waals surface area contributed by atoms with Gasteiger partial charge in [-0.05, 0) is 19.1 Å². The summed E-state index contributed by atoms with van der Waals surface area (Å²) in [4.78, 5) is 32.9. The van der Waals surface area contributed by atoms with Gasteiger partial charge in [-0.1, -0.05) is 11.6 Å². The molecule has 0 unspecified atom stereocenters. The zero-order chi connectivity index (χ0) is 17.4. The summed E-state index contributed by atoms with van der Waals surface area (Å²) in [5.74, 6) is -1.06. The SMILES string of the molecule is C/C(CC(=O)Nc1ccc(Cl)c([N+](=O)[O-])c1)=N\NC(=O)CC#N. The van der Waals surface area contributed by atoms with Gasteiger partial charge in [-0.3, -0.25) is 19.7 Å². The minimum atomic E-state index is -0.657. The highest BCUT2D eigenvalue weighted by Crippen LogP contribution is 2.27. The van der Waals surface area contributed by atoms with Gasteiger partial charge in [-0.15, -0.1) is 0 Å². The summed E-state index contributed by atoms with van der Waals surface area (Å²) in [7, 11) is 0. The summed E-state index contributed by atoms with van der Waals surface area (Å²) in [5, 5.41) is 25.2. The molecule has 0 fully saturated rings. The molecule has 1 rings (SSSR count). The van der Waals surface area contributed by atoms with Crippen LogP contribution in [0.3, 0.4) is 0 Å². The third kappa shape index (κ3) is 6.11. The summed E-state index contributed by atoms with van der Waals surface area (Å²) < 4.78 is 0. The van der Waals surface area contributed by atoms with Gasteiger partial charge in [-0.2, -0.15) is 10.4 Å². The number of hydrogen-bond acceptors (Lipinski definition) is 6. The third-order valence-electron chi connectivity index (χ3n) is 2.45. The number of rotatable bonds is 6. The Hall–Kier alpha value is -2.99. The predicted molar refractivity (Wildman–Crippen MR) is 82.8 cm³/mol. The van der Waals surface area contributed by atoms with E-state index in [1.54, 1.807) is 6.07 Å². The van der Waals surface area contributed by atoms with Crippen molar-refractivity contribution >= 4 is 40.5 Å². The molecule has 1 aromatic carbocycles. The number of amides is 2. The topological polar surface area (TPSA) is 137 Å². The van der Waals surface area contributed by atoms with E-state index in [-0.39, 0.29) is 29.2 Å². The van der Waals surface area contributed by atoms with Crippen molar-refractivity contribution in [1.82, 2.24) is 5.43 Å². The van der Waals surface area contributed by atoms with Crippen molar-refractivity contribution in [2.24, 2.45) is 5.10 Å². The van der Waals surface area contributed by atoms with Crippen molar-refractivity contribution in [3.05, 3.63) is 33.3 Å². The molecule has 0 aliphatic heterocycles. The van der Waals surface area contributed by atoms with Gasteiger partial charge in [0.2, 0.25) is 5.91 Å². The standard InChI is InChI=1S/C13H12ClN5O4/c1-8(17-18-12(20)4-5-15)6-13(21)16-9-2-3-10(14)11(7-9)19(22)23/h2-3,7H,4,6H2,1H3,(H,16,21)(H,18,20)/b17-8+. The van der Waals surface area contributed by atoms with Crippen LogP contribution >= 0.6 is 11.6 Å². The predicted octanol–water partition coefficient (Wildman–Crippen LogP) is 1.98. The summed E-state index contributed by atoms with van der Waals surface area (Å²) in [6.07, 6.45) is -0.472. The summed E-state index contributed by atoms with van der Waals surface area (Å²) in [6.45, 7) is 1.51. The molecule has 9 nitrogen and oxygen atoms in total. The van der Waals surface area contributed by atoms with E-state index in [2.05, 4.69) is 15.8 Å². The van der Waals surface area contributed by atoms with Crippen LogP contribution < -0.4 is 10.7 Å². The van der Waals surface area contributed by atoms with E-state index in [0.717, 1.165) is 6.07 Å². The Labute approximate surface area is 136 Å². The largest absolute Gasteiger partial charge is 0.326 e. The maximum atomic E-state index is 11.8. The van der Waals surface area contributed by atoms with Gasteiger partial charge in [0, 0.05) is 17.5 Å². The smallest absolute Gasteiger partial charge is 0.289 e. The van der Waals surface area contributed by atoms with Crippen LogP contribution in [-0.2, 0) is 9.59 Å². The maximum absolute atomic E-state index is 11.8. The van der Waals surface area contributed by atoms with Crippen molar-refractivity contribution < 1.29 is 14.5 Å². The molecule has 0 aliphatic rings. The first-order valence-electron chi connectivity index (χ1n) is 6.26. The molecule has 0 spiro atoms. The Bertz CT molecular complexity index is 711. The van der Waals surface area contributed by atoms with Gasteiger partial charge < -0.3 is 5.32 Å². The molecule has 0 saturated heterocycles. The Morgan fingerprint density at radius 2 is 2.13 bits per heavy atom. The number of hydrogen-bond donors (Lipinski definition) is 2. The number of nitrogens with one attached hydrogen (secondary N) is 2. The number of nitro groups is 1. The minimum Gasteiger partial charge on any atom is -0.326 e. The second-order valence-corrected chi connectivity index (χ2v) is 4.77. The first kappa shape index (κ1) is 18.1. The Morgan fingerprint density at radius 3 is 2.74 bits per heavy atom. The van der Waals surface area contributed by atoms with E-state index in [9.17, 15) is 19.7 Å². The molecule has 120 valence electrons. The molecule has 2 amide bonds.